The number of nitrogens with zero attached hydrogens (tertiary/aromatic N) is 1. The second-order valence-corrected chi connectivity index (χ2v) is 5.38. The van der Waals surface area contributed by atoms with Gasteiger partial charge in [-0.2, -0.15) is 0 Å². The number of rotatable bonds is 4. The number of amides is 1. The van der Waals surface area contributed by atoms with E-state index in [4.69, 9.17) is 0 Å². The summed E-state index contributed by atoms with van der Waals surface area (Å²) >= 11 is 0. The molecule has 19 heavy (non-hydrogen) atoms. The smallest absolute Gasteiger partial charge is 0.226 e. The predicted octanol–water partition coefficient (Wildman–Crippen LogP) is 2.14. The van der Waals surface area contributed by atoms with Crippen LogP contribution >= 0.6 is 0 Å². The molecular formula is C16H24N2O. The fourth-order valence-corrected chi connectivity index (χ4v) is 2.73. The van der Waals surface area contributed by atoms with E-state index in [1.54, 1.807) is 0 Å². The van der Waals surface area contributed by atoms with Crippen molar-refractivity contribution in [2.24, 2.45) is 0 Å². The Balaban J connectivity index is 1.84. The van der Waals surface area contributed by atoms with Crippen LogP contribution in [0.2, 0.25) is 0 Å². The molecule has 0 saturated carbocycles. The molecule has 1 amide bonds. The molecule has 3 heteroatoms. The first kappa shape index (κ1) is 14.1. The van der Waals surface area contributed by atoms with Crippen LogP contribution in [-0.4, -0.2) is 36.5 Å². The van der Waals surface area contributed by atoms with Gasteiger partial charge in [-0.3, -0.25) is 4.79 Å². The third-order valence-corrected chi connectivity index (χ3v) is 3.78. The van der Waals surface area contributed by atoms with E-state index < -0.39 is 0 Å². The van der Waals surface area contributed by atoms with E-state index in [1.807, 2.05) is 17.0 Å². The lowest BCUT2D eigenvalue weighted by molar-refractivity contribution is -0.131. The highest BCUT2D eigenvalue weighted by molar-refractivity contribution is 5.78. The Hall–Kier alpha value is -1.35. The van der Waals surface area contributed by atoms with Crippen LogP contribution in [0.1, 0.15) is 30.9 Å². The summed E-state index contributed by atoms with van der Waals surface area (Å²) in [7, 11) is 0. The molecule has 2 rings (SSSR count). The standard InChI is InChI=1S/C16H24N2O/c1-3-17-15-7-9-18(10-8-15)16(19)12-14-6-4-5-13(2)11-14/h4-6,11,15,17H,3,7-10,12H2,1-2H3. The van der Waals surface area contributed by atoms with Crippen molar-refractivity contribution >= 4 is 5.91 Å². The number of hydrogen-bond acceptors (Lipinski definition) is 2. The van der Waals surface area contributed by atoms with E-state index >= 15 is 0 Å². The van der Waals surface area contributed by atoms with E-state index in [9.17, 15) is 4.79 Å². The number of nitrogens with one attached hydrogen (secondary N) is 1. The minimum absolute atomic E-state index is 0.264. The normalized spacial score (nSPS) is 16.6. The Morgan fingerprint density at radius 3 is 2.74 bits per heavy atom. The van der Waals surface area contributed by atoms with Crippen molar-refractivity contribution in [2.45, 2.75) is 39.2 Å². The highest BCUT2D eigenvalue weighted by Gasteiger charge is 2.21. The Bertz CT molecular complexity index is 423. The summed E-state index contributed by atoms with van der Waals surface area (Å²) < 4.78 is 0. The van der Waals surface area contributed by atoms with E-state index in [0.717, 1.165) is 38.0 Å². The van der Waals surface area contributed by atoms with Gasteiger partial charge in [0.25, 0.3) is 0 Å². The maximum atomic E-state index is 12.2. The topological polar surface area (TPSA) is 32.3 Å². The number of piperidine rings is 1. The average molecular weight is 260 g/mol. The fraction of sp³-hybridized carbons (Fsp3) is 0.562. The first-order valence-electron chi connectivity index (χ1n) is 7.25. The molecule has 1 N–H and O–H groups in total. The van der Waals surface area contributed by atoms with E-state index in [1.165, 1.54) is 5.56 Å². The maximum absolute atomic E-state index is 12.2. The second-order valence-electron chi connectivity index (χ2n) is 5.38. The summed E-state index contributed by atoms with van der Waals surface area (Å²) in [6.07, 6.45) is 2.69. The Morgan fingerprint density at radius 2 is 2.11 bits per heavy atom. The zero-order valence-corrected chi connectivity index (χ0v) is 12.0. The molecular weight excluding hydrogens is 236 g/mol. The van der Waals surface area contributed by atoms with Crippen LogP contribution in [0.3, 0.4) is 0 Å². The summed E-state index contributed by atoms with van der Waals surface area (Å²) in [5.41, 5.74) is 2.34. The first-order chi connectivity index (χ1) is 9.19. The third kappa shape index (κ3) is 4.06. The average Bonchev–Trinajstić information content (AvgIpc) is 2.40. The van der Waals surface area contributed by atoms with Gasteiger partial charge < -0.3 is 10.2 Å². The van der Waals surface area contributed by atoms with Gasteiger partial charge in [-0.1, -0.05) is 36.8 Å². The van der Waals surface area contributed by atoms with Crippen LogP contribution in [0.4, 0.5) is 0 Å². The van der Waals surface area contributed by atoms with Crippen molar-refractivity contribution in [3.8, 4) is 0 Å². The van der Waals surface area contributed by atoms with Crippen LogP contribution in [0, 0.1) is 6.92 Å². The van der Waals surface area contributed by atoms with Crippen LogP contribution < -0.4 is 5.32 Å². The molecule has 1 aromatic carbocycles. The molecule has 1 saturated heterocycles. The molecule has 0 spiro atoms. The molecule has 0 aromatic heterocycles. The van der Waals surface area contributed by atoms with Gasteiger partial charge >= 0.3 is 0 Å². The molecule has 1 aliphatic heterocycles. The van der Waals surface area contributed by atoms with Gasteiger partial charge in [-0.15, -0.1) is 0 Å². The van der Waals surface area contributed by atoms with Gasteiger partial charge in [0.2, 0.25) is 5.91 Å². The van der Waals surface area contributed by atoms with Crippen molar-refractivity contribution in [1.82, 2.24) is 10.2 Å². The van der Waals surface area contributed by atoms with Crippen molar-refractivity contribution in [1.29, 1.82) is 0 Å². The summed E-state index contributed by atoms with van der Waals surface area (Å²) in [6, 6.07) is 8.82. The number of likely N-dealkylation sites (tertiary alicyclic amines) is 1. The number of aryl methyl sites for hydroxylation is 1. The van der Waals surface area contributed by atoms with E-state index in [0.29, 0.717) is 12.5 Å². The van der Waals surface area contributed by atoms with Crippen LogP contribution in [0.5, 0.6) is 0 Å². The van der Waals surface area contributed by atoms with Gasteiger partial charge in [0.1, 0.15) is 0 Å². The molecule has 1 aliphatic rings. The van der Waals surface area contributed by atoms with Gasteiger partial charge in [0.05, 0.1) is 6.42 Å². The summed E-state index contributed by atoms with van der Waals surface area (Å²) in [5.74, 6) is 0.264. The summed E-state index contributed by atoms with van der Waals surface area (Å²) in [4.78, 5) is 14.3. The van der Waals surface area contributed by atoms with Crippen molar-refractivity contribution in [3.05, 3.63) is 35.4 Å². The molecule has 104 valence electrons. The number of hydrogen-bond donors (Lipinski definition) is 1. The van der Waals surface area contributed by atoms with Gasteiger partial charge in [0.15, 0.2) is 0 Å². The number of carbonyl (C=O) groups excluding carboxylic acids is 1. The largest absolute Gasteiger partial charge is 0.342 e. The van der Waals surface area contributed by atoms with Gasteiger partial charge in [-0.25, -0.2) is 0 Å². The minimum atomic E-state index is 0.264. The molecule has 3 nitrogen and oxygen atoms in total. The number of benzene rings is 1. The zero-order valence-electron chi connectivity index (χ0n) is 12.0. The minimum Gasteiger partial charge on any atom is -0.342 e. The lowest BCUT2D eigenvalue weighted by Crippen LogP contribution is -2.45. The lowest BCUT2D eigenvalue weighted by Gasteiger charge is -2.32. The van der Waals surface area contributed by atoms with Crippen LogP contribution in [-0.2, 0) is 11.2 Å². The summed E-state index contributed by atoms with van der Waals surface area (Å²) in [5, 5.41) is 3.46. The van der Waals surface area contributed by atoms with Crippen molar-refractivity contribution in [2.75, 3.05) is 19.6 Å². The number of carbonyl (C=O) groups is 1. The van der Waals surface area contributed by atoms with E-state index in [2.05, 4.69) is 31.3 Å². The second kappa shape index (κ2) is 6.71. The quantitative estimate of drug-likeness (QED) is 0.899. The highest BCUT2D eigenvalue weighted by atomic mass is 16.2. The monoisotopic (exact) mass is 260 g/mol. The van der Waals surface area contributed by atoms with Crippen LogP contribution in [0.15, 0.2) is 24.3 Å². The van der Waals surface area contributed by atoms with E-state index in [-0.39, 0.29) is 5.91 Å². The molecule has 0 atom stereocenters. The predicted molar refractivity (Wildman–Crippen MR) is 78.2 cm³/mol. The maximum Gasteiger partial charge on any atom is 0.226 e. The first-order valence-corrected chi connectivity index (χ1v) is 7.25. The molecule has 0 bridgehead atoms. The Labute approximate surface area is 116 Å². The highest BCUT2D eigenvalue weighted by Crippen LogP contribution is 2.13. The fourth-order valence-electron chi connectivity index (χ4n) is 2.73. The Kier molecular flexibility index (Phi) is 4.97. The Morgan fingerprint density at radius 1 is 1.37 bits per heavy atom. The lowest BCUT2D eigenvalue weighted by atomic mass is 10.0. The van der Waals surface area contributed by atoms with Gasteiger partial charge in [-0.05, 0) is 31.9 Å². The van der Waals surface area contributed by atoms with Crippen LogP contribution in [0.25, 0.3) is 0 Å². The zero-order chi connectivity index (χ0) is 13.7. The molecule has 1 aromatic rings. The van der Waals surface area contributed by atoms with Crippen molar-refractivity contribution in [3.63, 3.8) is 0 Å². The summed E-state index contributed by atoms with van der Waals surface area (Å²) in [6.45, 7) is 7.00. The van der Waals surface area contributed by atoms with Gasteiger partial charge in [0, 0.05) is 19.1 Å². The molecule has 1 heterocycles. The molecule has 0 aliphatic carbocycles. The third-order valence-electron chi connectivity index (χ3n) is 3.78. The molecule has 0 radical (unpaired) electrons. The molecule has 1 fully saturated rings. The SMILES string of the molecule is CCNC1CCN(C(=O)Cc2cccc(C)c2)CC1. The molecule has 0 unspecified atom stereocenters. The van der Waals surface area contributed by atoms with Crippen molar-refractivity contribution < 1.29 is 4.79 Å².